The minimum Gasteiger partial charge on any atom is -0.372 e. The fourth-order valence-electron chi connectivity index (χ4n) is 1.94. The fourth-order valence-corrected chi connectivity index (χ4v) is 1.94. The topological polar surface area (TPSA) is 15.3 Å². The third-order valence-electron chi connectivity index (χ3n) is 2.74. The van der Waals surface area contributed by atoms with E-state index in [1.165, 1.54) is 18.5 Å². The molecule has 14 heavy (non-hydrogen) atoms. The van der Waals surface area contributed by atoms with Gasteiger partial charge in [0.25, 0.3) is 0 Å². The maximum absolute atomic E-state index is 3.38. The number of rotatable bonds is 1. The Morgan fingerprint density at radius 1 is 1.07 bits per heavy atom. The Labute approximate surface area is 86.0 Å². The van der Waals surface area contributed by atoms with Crippen LogP contribution in [0.4, 0.5) is 0 Å². The molecular weight excluding hydrogens is 172 g/mol. The van der Waals surface area contributed by atoms with Crippen LogP contribution in [0.15, 0.2) is 36.1 Å². The minimum absolute atomic E-state index is 1.12. The van der Waals surface area contributed by atoms with Crippen molar-refractivity contribution in [3.63, 3.8) is 0 Å². The van der Waals surface area contributed by atoms with E-state index in [1.54, 1.807) is 0 Å². The number of hydrogen-bond acceptors (Lipinski definition) is 2. The van der Waals surface area contributed by atoms with Crippen LogP contribution in [0.25, 0.3) is 0 Å². The zero-order chi connectivity index (χ0) is 9.64. The predicted molar refractivity (Wildman–Crippen MR) is 60.0 cm³/mol. The molecule has 0 bridgehead atoms. The molecule has 1 heterocycles. The van der Waals surface area contributed by atoms with Gasteiger partial charge in [-0.15, -0.1) is 0 Å². The molecule has 0 aromatic carbocycles. The highest BCUT2D eigenvalue weighted by Crippen LogP contribution is 2.14. The largest absolute Gasteiger partial charge is 0.372 e. The average Bonchev–Trinajstić information content (AvgIpc) is 2.18. The van der Waals surface area contributed by atoms with E-state index in [9.17, 15) is 0 Å². The molecule has 0 aromatic rings. The van der Waals surface area contributed by atoms with E-state index in [-0.39, 0.29) is 0 Å². The smallest absolute Gasteiger partial charge is 0.0300 e. The van der Waals surface area contributed by atoms with Crippen molar-refractivity contribution >= 4 is 0 Å². The molecule has 0 spiro atoms. The summed E-state index contributed by atoms with van der Waals surface area (Å²) in [5, 5.41) is 3.38. The summed E-state index contributed by atoms with van der Waals surface area (Å²) in [5.74, 6) is 0. The summed E-state index contributed by atoms with van der Waals surface area (Å²) in [6.45, 7) is 4.56. The molecule has 2 nitrogen and oxygen atoms in total. The van der Waals surface area contributed by atoms with Crippen molar-refractivity contribution in [3.05, 3.63) is 36.1 Å². The van der Waals surface area contributed by atoms with E-state index in [0.717, 1.165) is 26.2 Å². The fraction of sp³-hybridized carbons (Fsp3) is 0.500. The van der Waals surface area contributed by atoms with E-state index in [1.807, 2.05) is 0 Å². The van der Waals surface area contributed by atoms with Gasteiger partial charge in [0.2, 0.25) is 0 Å². The number of piperazine rings is 1. The number of nitrogens with zero attached hydrogens (tertiary/aromatic N) is 1. The lowest BCUT2D eigenvalue weighted by molar-refractivity contribution is 0.290. The van der Waals surface area contributed by atoms with Gasteiger partial charge in [-0.3, -0.25) is 0 Å². The van der Waals surface area contributed by atoms with Gasteiger partial charge in [-0.05, 0) is 18.9 Å². The lowest BCUT2D eigenvalue weighted by atomic mass is 10.1. The third-order valence-corrected chi connectivity index (χ3v) is 2.74. The monoisotopic (exact) mass is 190 g/mol. The van der Waals surface area contributed by atoms with E-state index >= 15 is 0 Å². The van der Waals surface area contributed by atoms with E-state index in [0.29, 0.717) is 0 Å². The van der Waals surface area contributed by atoms with Crippen molar-refractivity contribution in [2.45, 2.75) is 12.8 Å². The van der Waals surface area contributed by atoms with Crippen LogP contribution < -0.4 is 5.32 Å². The van der Waals surface area contributed by atoms with Crippen molar-refractivity contribution in [2.24, 2.45) is 0 Å². The molecule has 0 radical (unpaired) electrons. The van der Waals surface area contributed by atoms with Crippen LogP contribution in [0.2, 0.25) is 0 Å². The Bertz CT molecular complexity index is 257. The van der Waals surface area contributed by atoms with Crippen molar-refractivity contribution < 1.29 is 0 Å². The molecule has 0 unspecified atom stereocenters. The van der Waals surface area contributed by atoms with E-state index < -0.39 is 0 Å². The highest BCUT2D eigenvalue weighted by Gasteiger charge is 2.11. The second-order valence-corrected chi connectivity index (χ2v) is 3.75. The van der Waals surface area contributed by atoms with Crippen molar-refractivity contribution in [1.82, 2.24) is 10.2 Å². The number of hydrogen-bond donors (Lipinski definition) is 1. The standard InChI is InChI=1S/C12H18N2/c1-2-4-6-12(7-5-3-1)14-10-8-13-9-11-14/h1-4,6,13H,5,7-11H2/b3-1+,4-2-,12-6+. The summed E-state index contributed by atoms with van der Waals surface area (Å²) in [5.41, 5.74) is 1.49. The van der Waals surface area contributed by atoms with Gasteiger partial charge >= 0.3 is 0 Å². The van der Waals surface area contributed by atoms with Crippen molar-refractivity contribution in [3.8, 4) is 0 Å². The molecule has 2 aliphatic rings. The second kappa shape index (κ2) is 5.01. The molecule has 0 amide bonds. The van der Waals surface area contributed by atoms with Gasteiger partial charge < -0.3 is 10.2 Å². The van der Waals surface area contributed by atoms with Crippen LogP contribution >= 0.6 is 0 Å². The molecular formula is C12H18N2. The Morgan fingerprint density at radius 2 is 1.93 bits per heavy atom. The zero-order valence-electron chi connectivity index (χ0n) is 8.58. The summed E-state index contributed by atoms with van der Waals surface area (Å²) in [6, 6.07) is 0. The second-order valence-electron chi connectivity index (χ2n) is 3.75. The quantitative estimate of drug-likeness (QED) is 0.677. The Balaban J connectivity index is 2.00. The first kappa shape index (κ1) is 9.53. The van der Waals surface area contributed by atoms with Crippen LogP contribution in [0, 0.1) is 0 Å². The van der Waals surface area contributed by atoms with Gasteiger partial charge in [-0.25, -0.2) is 0 Å². The van der Waals surface area contributed by atoms with Crippen LogP contribution in [-0.2, 0) is 0 Å². The lowest BCUT2D eigenvalue weighted by Crippen LogP contribution is -2.42. The highest BCUT2D eigenvalue weighted by atomic mass is 15.2. The van der Waals surface area contributed by atoms with Gasteiger partial charge in [0.15, 0.2) is 0 Å². The molecule has 0 saturated carbocycles. The summed E-state index contributed by atoms with van der Waals surface area (Å²) < 4.78 is 0. The zero-order valence-corrected chi connectivity index (χ0v) is 8.58. The summed E-state index contributed by atoms with van der Waals surface area (Å²) in [7, 11) is 0. The Kier molecular flexibility index (Phi) is 3.41. The van der Waals surface area contributed by atoms with Gasteiger partial charge in [0.1, 0.15) is 0 Å². The molecule has 2 rings (SSSR count). The molecule has 2 heteroatoms. The van der Waals surface area contributed by atoms with Crippen LogP contribution in [-0.4, -0.2) is 31.1 Å². The van der Waals surface area contributed by atoms with Gasteiger partial charge in [0.05, 0.1) is 0 Å². The summed E-state index contributed by atoms with van der Waals surface area (Å²) >= 11 is 0. The van der Waals surface area contributed by atoms with Gasteiger partial charge in [-0.1, -0.05) is 24.3 Å². The van der Waals surface area contributed by atoms with Gasteiger partial charge in [-0.2, -0.15) is 0 Å². The molecule has 76 valence electrons. The number of nitrogens with one attached hydrogen (secondary N) is 1. The number of allylic oxidation sites excluding steroid dienone is 6. The molecule has 1 fully saturated rings. The first-order valence-electron chi connectivity index (χ1n) is 5.45. The average molecular weight is 190 g/mol. The Hall–Kier alpha value is -1.02. The maximum atomic E-state index is 3.38. The highest BCUT2D eigenvalue weighted by molar-refractivity contribution is 5.19. The maximum Gasteiger partial charge on any atom is 0.0300 e. The molecule has 1 saturated heterocycles. The third kappa shape index (κ3) is 2.48. The Morgan fingerprint density at radius 3 is 2.79 bits per heavy atom. The van der Waals surface area contributed by atoms with E-state index in [2.05, 4.69) is 40.6 Å². The SMILES string of the molecule is C1=C\C=C(\N2CCNCC2)CC/C=C/1. The van der Waals surface area contributed by atoms with Crippen molar-refractivity contribution in [2.75, 3.05) is 26.2 Å². The van der Waals surface area contributed by atoms with Crippen LogP contribution in [0.5, 0.6) is 0 Å². The van der Waals surface area contributed by atoms with Gasteiger partial charge in [0, 0.05) is 31.9 Å². The molecule has 0 atom stereocenters. The normalized spacial score (nSPS) is 31.1. The van der Waals surface area contributed by atoms with Crippen LogP contribution in [0.1, 0.15) is 12.8 Å². The van der Waals surface area contributed by atoms with Crippen molar-refractivity contribution in [1.29, 1.82) is 0 Å². The first-order chi connectivity index (χ1) is 6.97. The molecule has 0 aromatic heterocycles. The predicted octanol–water partition coefficient (Wildman–Crippen LogP) is 1.68. The molecule has 1 aliphatic heterocycles. The lowest BCUT2D eigenvalue weighted by Gasteiger charge is -2.31. The molecule has 1 N–H and O–H groups in total. The summed E-state index contributed by atoms with van der Waals surface area (Å²) in [6.07, 6.45) is 13.2. The van der Waals surface area contributed by atoms with Crippen LogP contribution in [0.3, 0.4) is 0 Å². The first-order valence-corrected chi connectivity index (χ1v) is 5.45. The summed E-state index contributed by atoms with van der Waals surface area (Å²) in [4.78, 5) is 2.50. The molecule has 1 aliphatic carbocycles. The minimum atomic E-state index is 1.12. The van der Waals surface area contributed by atoms with E-state index in [4.69, 9.17) is 0 Å².